The van der Waals surface area contributed by atoms with Crippen molar-refractivity contribution < 1.29 is 0 Å². The molecule has 0 aliphatic heterocycles. The highest BCUT2D eigenvalue weighted by molar-refractivity contribution is 5.77. The average molecular weight is 234 g/mol. The molecule has 2 heterocycles. The number of hydrogen-bond acceptors (Lipinski definition) is 3. The number of pyridine rings is 1. The van der Waals surface area contributed by atoms with Gasteiger partial charge in [0, 0.05) is 11.9 Å². The van der Waals surface area contributed by atoms with Gasteiger partial charge in [-0.15, -0.1) is 0 Å². The van der Waals surface area contributed by atoms with E-state index >= 15 is 0 Å². The molecule has 1 aromatic carbocycles. The molecule has 0 radical (unpaired) electrons. The van der Waals surface area contributed by atoms with Crippen LogP contribution in [-0.4, -0.2) is 14.5 Å². The fourth-order valence-electron chi connectivity index (χ4n) is 2.06. The molecule has 0 saturated heterocycles. The van der Waals surface area contributed by atoms with E-state index in [1.807, 2.05) is 29.7 Å². The first-order valence-corrected chi connectivity index (χ1v) is 5.59. The number of fused-ring (bicyclic) bond motifs is 1. The van der Waals surface area contributed by atoms with Gasteiger partial charge in [-0.25, -0.2) is 4.98 Å². The highest BCUT2D eigenvalue weighted by Gasteiger charge is 2.08. The first-order chi connectivity index (χ1) is 8.79. The normalized spacial score (nSPS) is 10.4. The van der Waals surface area contributed by atoms with Crippen LogP contribution >= 0.6 is 0 Å². The van der Waals surface area contributed by atoms with Crippen LogP contribution in [-0.2, 0) is 0 Å². The number of aryl methyl sites for hydroxylation is 1. The summed E-state index contributed by atoms with van der Waals surface area (Å²) >= 11 is 0. The monoisotopic (exact) mass is 234 g/mol. The molecular formula is C14H10N4. The summed E-state index contributed by atoms with van der Waals surface area (Å²) in [6, 6.07) is 11.4. The molecule has 0 bridgehead atoms. The molecule has 4 heteroatoms. The second-order valence-corrected chi connectivity index (χ2v) is 4.02. The summed E-state index contributed by atoms with van der Waals surface area (Å²) in [4.78, 5) is 8.62. The first-order valence-electron chi connectivity index (χ1n) is 5.59. The zero-order valence-electron chi connectivity index (χ0n) is 9.83. The Morgan fingerprint density at radius 1 is 1.17 bits per heavy atom. The number of nitriles is 1. The van der Waals surface area contributed by atoms with E-state index < -0.39 is 0 Å². The Morgan fingerprint density at radius 2 is 1.94 bits per heavy atom. The van der Waals surface area contributed by atoms with E-state index in [0.717, 1.165) is 22.5 Å². The Morgan fingerprint density at radius 3 is 2.67 bits per heavy atom. The number of rotatable bonds is 1. The van der Waals surface area contributed by atoms with E-state index in [-0.39, 0.29) is 0 Å². The van der Waals surface area contributed by atoms with Gasteiger partial charge in [-0.2, -0.15) is 5.26 Å². The van der Waals surface area contributed by atoms with Crippen molar-refractivity contribution in [2.24, 2.45) is 0 Å². The fraction of sp³-hybridized carbons (Fsp3) is 0.0714. The molecule has 86 valence electrons. The molecule has 0 unspecified atom stereocenters. The number of hydrogen-bond donors (Lipinski definition) is 0. The van der Waals surface area contributed by atoms with E-state index in [1.54, 1.807) is 24.5 Å². The molecule has 0 saturated carbocycles. The molecule has 0 spiro atoms. The maximum Gasteiger partial charge on any atom is 0.111 e. The molecule has 0 fully saturated rings. The van der Waals surface area contributed by atoms with Crippen molar-refractivity contribution in [2.45, 2.75) is 6.92 Å². The summed E-state index contributed by atoms with van der Waals surface area (Å²) in [5.74, 6) is 0.905. The predicted molar refractivity (Wildman–Crippen MR) is 68.3 cm³/mol. The Balaban J connectivity index is 2.24. The summed E-state index contributed by atoms with van der Waals surface area (Å²) in [7, 11) is 0. The van der Waals surface area contributed by atoms with Crippen LogP contribution in [0.25, 0.3) is 16.7 Å². The predicted octanol–water partition coefficient (Wildman–Crippen LogP) is 2.60. The Kier molecular flexibility index (Phi) is 2.31. The van der Waals surface area contributed by atoms with Gasteiger partial charge in [-0.3, -0.25) is 9.55 Å². The van der Waals surface area contributed by atoms with Gasteiger partial charge in [0.2, 0.25) is 0 Å². The third-order valence-electron chi connectivity index (χ3n) is 2.88. The quantitative estimate of drug-likeness (QED) is 0.650. The highest BCUT2D eigenvalue weighted by atomic mass is 15.1. The van der Waals surface area contributed by atoms with Gasteiger partial charge in [0.1, 0.15) is 5.82 Å². The maximum atomic E-state index is 8.81. The van der Waals surface area contributed by atoms with Crippen LogP contribution in [0.15, 0.2) is 42.7 Å². The van der Waals surface area contributed by atoms with Crippen molar-refractivity contribution in [3.63, 3.8) is 0 Å². The van der Waals surface area contributed by atoms with Crippen LogP contribution in [0.4, 0.5) is 0 Å². The van der Waals surface area contributed by atoms with Crippen LogP contribution in [0.5, 0.6) is 0 Å². The van der Waals surface area contributed by atoms with Gasteiger partial charge >= 0.3 is 0 Å². The molecular weight excluding hydrogens is 224 g/mol. The minimum atomic E-state index is 0.652. The molecule has 3 rings (SSSR count). The van der Waals surface area contributed by atoms with Gasteiger partial charge in [0.15, 0.2) is 0 Å². The third-order valence-corrected chi connectivity index (χ3v) is 2.88. The number of nitrogens with zero attached hydrogens (tertiary/aromatic N) is 4. The Bertz CT molecular complexity index is 748. The highest BCUT2D eigenvalue weighted by Crippen LogP contribution is 2.20. The SMILES string of the molecule is Cc1nc2ccncc2n1-c1ccc(C#N)cc1. The second-order valence-electron chi connectivity index (χ2n) is 4.02. The summed E-state index contributed by atoms with van der Waals surface area (Å²) in [5.41, 5.74) is 3.53. The van der Waals surface area contributed by atoms with Crippen molar-refractivity contribution in [2.75, 3.05) is 0 Å². The van der Waals surface area contributed by atoms with E-state index in [4.69, 9.17) is 5.26 Å². The van der Waals surface area contributed by atoms with Gasteiger partial charge in [-0.05, 0) is 37.3 Å². The maximum absolute atomic E-state index is 8.81. The lowest BCUT2D eigenvalue weighted by Gasteiger charge is -2.06. The standard InChI is InChI=1S/C14H10N4/c1-10-17-13-6-7-16-9-14(13)18(10)12-4-2-11(8-15)3-5-12/h2-7,9H,1H3. The minimum Gasteiger partial charge on any atom is -0.295 e. The number of aromatic nitrogens is 3. The van der Waals surface area contributed by atoms with Crippen molar-refractivity contribution in [1.82, 2.24) is 14.5 Å². The van der Waals surface area contributed by atoms with Gasteiger partial charge in [0.25, 0.3) is 0 Å². The lowest BCUT2D eigenvalue weighted by atomic mass is 10.2. The van der Waals surface area contributed by atoms with E-state index in [2.05, 4.69) is 16.0 Å². The average Bonchev–Trinajstić information content (AvgIpc) is 2.75. The molecule has 0 aliphatic rings. The van der Waals surface area contributed by atoms with Crippen molar-refractivity contribution in [3.05, 3.63) is 54.1 Å². The van der Waals surface area contributed by atoms with Crippen LogP contribution in [0.2, 0.25) is 0 Å². The summed E-state index contributed by atoms with van der Waals surface area (Å²) in [6.07, 6.45) is 3.53. The Hall–Kier alpha value is -2.67. The minimum absolute atomic E-state index is 0.652. The van der Waals surface area contributed by atoms with Crippen LogP contribution in [0.1, 0.15) is 11.4 Å². The van der Waals surface area contributed by atoms with Crippen molar-refractivity contribution in [1.29, 1.82) is 5.26 Å². The van der Waals surface area contributed by atoms with Gasteiger partial charge in [0.05, 0.1) is 28.9 Å². The topological polar surface area (TPSA) is 54.5 Å². The molecule has 0 amide bonds. The zero-order valence-corrected chi connectivity index (χ0v) is 9.83. The van der Waals surface area contributed by atoms with Crippen LogP contribution in [0.3, 0.4) is 0 Å². The Labute approximate surface area is 104 Å². The molecule has 3 aromatic rings. The molecule has 2 aromatic heterocycles. The summed E-state index contributed by atoms with van der Waals surface area (Å²) in [5, 5.41) is 8.81. The van der Waals surface area contributed by atoms with E-state index in [1.165, 1.54) is 0 Å². The largest absolute Gasteiger partial charge is 0.295 e. The summed E-state index contributed by atoms with van der Waals surface area (Å²) in [6.45, 7) is 1.96. The smallest absolute Gasteiger partial charge is 0.111 e. The second kappa shape index (κ2) is 3.97. The zero-order chi connectivity index (χ0) is 12.5. The van der Waals surface area contributed by atoms with Crippen molar-refractivity contribution in [3.8, 4) is 11.8 Å². The lowest BCUT2D eigenvalue weighted by Crippen LogP contribution is -1.96. The number of imidazole rings is 1. The molecule has 4 nitrogen and oxygen atoms in total. The molecule has 18 heavy (non-hydrogen) atoms. The molecule has 0 aliphatic carbocycles. The van der Waals surface area contributed by atoms with Crippen LogP contribution in [0, 0.1) is 18.3 Å². The number of benzene rings is 1. The van der Waals surface area contributed by atoms with E-state index in [0.29, 0.717) is 5.56 Å². The molecule has 0 N–H and O–H groups in total. The summed E-state index contributed by atoms with van der Waals surface area (Å²) < 4.78 is 2.03. The van der Waals surface area contributed by atoms with Crippen molar-refractivity contribution >= 4 is 11.0 Å². The van der Waals surface area contributed by atoms with Crippen LogP contribution < -0.4 is 0 Å². The van der Waals surface area contributed by atoms with Gasteiger partial charge < -0.3 is 0 Å². The first kappa shape index (κ1) is 10.5. The van der Waals surface area contributed by atoms with E-state index in [9.17, 15) is 0 Å². The van der Waals surface area contributed by atoms with Gasteiger partial charge in [-0.1, -0.05) is 0 Å². The lowest BCUT2D eigenvalue weighted by molar-refractivity contribution is 0.999. The molecule has 0 atom stereocenters. The third kappa shape index (κ3) is 1.54. The fourth-order valence-corrected chi connectivity index (χ4v) is 2.06.